The van der Waals surface area contributed by atoms with Crippen LogP contribution in [0.2, 0.25) is 5.02 Å². The Bertz CT molecular complexity index is 588. The Hall–Kier alpha value is -1.79. The third-order valence-electron chi connectivity index (χ3n) is 2.12. The van der Waals surface area contributed by atoms with Crippen LogP contribution in [0, 0.1) is 5.82 Å². The zero-order valence-corrected chi connectivity index (χ0v) is 10.6. The second-order valence-electron chi connectivity index (χ2n) is 3.38. The summed E-state index contributed by atoms with van der Waals surface area (Å²) in [5.41, 5.74) is 6.02. The van der Waals surface area contributed by atoms with Gasteiger partial charge in [0.05, 0.1) is 23.1 Å². The van der Waals surface area contributed by atoms with Gasteiger partial charge in [0.25, 0.3) is 0 Å². The summed E-state index contributed by atoms with van der Waals surface area (Å²) in [5.74, 6) is -0.171. The van der Waals surface area contributed by atoms with Crippen LogP contribution in [-0.2, 0) is 0 Å². The van der Waals surface area contributed by atoms with Crippen molar-refractivity contribution >= 4 is 40.3 Å². The smallest absolute Gasteiger partial charge is 0.165 e. The Morgan fingerprint density at radius 2 is 2.11 bits per heavy atom. The van der Waals surface area contributed by atoms with E-state index in [2.05, 4.69) is 15.3 Å². The molecule has 0 unspecified atom stereocenters. The van der Waals surface area contributed by atoms with Crippen molar-refractivity contribution in [1.82, 2.24) is 9.97 Å². The molecular formula is C11H8ClFN4S. The lowest BCUT2D eigenvalue weighted by atomic mass is 10.3. The molecule has 1 heterocycles. The zero-order chi connectivity index (χ0) is 13.1. The number of anilines is 2. The molecule has 0 bridgehead atoms. The highest BCUT2D eigenvalue weighted by Gasteiger charge is 2.07. The van der Waals surface area contributed by atoms with Crippen molar-refractivity contribution in [2.24, 2.45) is 5.73 Å². The highest BCUT2D eigenvalue weighted by Crippen LogP contribution is 2.24. The monoisotopic (exact) mass is 282 g/mol. The first-order valence-electron chi connectivity index (χ1n) is 4.91. The van der Waals surface area contributed by atoms with E-state index < -0.39 is 5.82 Å². The first-order chi connectivity index (χ1) is 8.58. The summed E-state index contributed by atoms with van der Waals surface area (Å²) in [6.07, 6.45) is 2.82. The maximum atomic E-state index is 13.6. The molecule has 1 aromatic carbocycles. The van der Waals surface area contributed by atoms with Gasteiger partial charge in [0.15, 0.2) is 5.82 Å². The van der Waals surface area contributed by atoms with Gasteiger partial charge in [-0.1, -0.05) is 29.9 Å². The number of halogens is 2. The van der Waals surface area contributed by atoms with Gasteiger partial charge in [-0.2, -0.15) is 0 Å². The third kappa shape index (κ3) is 2.72. The van der Waals surface area contributed by atoms with Gasteiger partial charge >= 0.3 is 0 Å². The fourth-order valence-corrected chi connectivity index (χ4v) is 1.54. The van der Waals surface area contributed by atoms with Crippen LogP contribution < -0.4 is 11.1 Å². The van der Waals surface area contributed by atoms with Crippen molar-refractivity contribution in [2.75, 3.05) is 5.32 Å². The number of hydrogen-bond acceptors (Lipinski definition) is 4. The molecular weight excluding hydrogens is 275 g/mol. The lowest BCUT2D eigenvalue weighted by Gasteiger charge is -2.07. The fraction of sp³-hybridized carbons (Fsp3) is 0. The van der Waals surface area contributed by atoms with E-state index in [1.807, 2.05) is 0 Å². The molecule has 0 spiro atoms. The third-order valence-corrected chi connectivity index (χ3v) is 2.62. The summed E-state index contributed by atoms with van der Waals surface area (Å²) in [6, 6.07) is 4.64. The van der Waals surface area contributed by atoms with E-state index in [1.54, 1.807) is 12.1 Å². The van der Waals surface area contributed by atoms with Gasteiger partial charge in [0, 0.05) is 0 Å². The minimum Gasteiger partial charge on any atom is -0.388 e. The van der Waals surface area contributed by atoms with Crippen molar-refractivity contribution < 1.29 is 4.39 Å². The Morgan fingerprint density at radius 3 is 2.72 bits per heavy atom. The first kappa shape index (κ1) is 12.7. The number of thiocarbonyl (C=S) groups is 1. The summed E-state index contributed by atoms with van der Waals surface area (Å²) >= 11 is 10.4. The summed E-state index contributed by atoms with van der Waals surface area (Å²) in [5, 5.41) is 2.80. The zero-order valence-electron chi connectivity index (χ0n) is 9.02. The standard InChI is InChI=1S/C11H8ClFN4S/c12-6-2-1-3-7(10(6)13)17-9-5-15-8(4-16-9)11(14)18/h1-5H,(H2,14,18)(H,16,17). The maximum absolute atomic E-state index is 13.6. The van der Waals surface area contributed by atoms with Gasteiger partial charge in [0.2, 0.25) is 0 Å². The van der Waals surface area contributed by atoms with Crippen molar-refractivity contribution in [3.05, 3.63) is 47.1 Å². The number of aromatic nitrogens is 2. The van der Waals surface area contributed by atoms with Gasteiger partial charge in [-0.25, -0.2) is 14.4 Å². The van der Waals surface area contributed by atoms with E-state index in [0.29, 0.717) is 11.5 Å². The van der Waals surface area contributed by atoms with Crippen LogP contribution in [0.15, 0.2) is 30.6 Å². The van der Waals surface area contributed by atoms with Crippen LogP contribution in [0.1, 0.15) is 5.69 Å². The predicted octanol–water partition coefficient (Wildman–Crippen LogP) is 2.65. The molecule has 0 aliphatic heterocycles. The van der Waals surface area contributed by atoms with E-state index in [4.69, 9.17) is 29.6 Å². The van der Waals surface area contributed by atoms with Crippen LogP contribution in [-0.4, -0.2) is 15.0 Å². The van der Waals surface area contributed by atoms with E-state index in [0.717, 1.165) is 0 Å². The minimum atomic E-state index is -0.542. The van der Waals surface area contributed by atoms with Gasteiger partial charge in [-0.3, -0.25) is 0 Å². The Labute approximate surface area is 113 Å². The molecule has 0 saturated carbocycles. The maximum Gasteiger partial charge on any atom is 0.165 e. The van der Waals surface area contributed by atoms with Gasteiger partial charge in [0.1, 0.15) is 16.5 Å². The number of rotatable bonds is 3. The minimum absolute atomic E-state index is 0.0349. The number of benzene rings is 1. The normalized spacial score (nSPS) is 10.1. The highest BCUT2D eigenvalue weighted by atomic mass is 35.5. The quantitative estimate of drug-likeness (QED) is 0.848. The number of hydrogen-bond donors (Lipinski definition) is 2. The fourth-order valence-electron chi connectivity index (χ4n) is 1.26. The summed E-state index contributed by atoms with van der Waals surface area (Å²) in [4.78, 5) is 8.15. The average Bonchev–Trinajstić information content (AvgIpc) is 2.36. The molecule has 18 heavy (non-hydrogen) atoms. The molecule has 0 fully saturated rings. The van der Waals surface area contributed by atoms with Crippen molar-refractivity contribution in [1.29, 1.82) is 0 Å². The molecule has 0 atom stereocenters. The molecule has 2 rings (SSSR count). The molecule has 4 nitrogen and oxygen atoms in total. The number of nitrogens with two attached hydrogens (primary N) is 1. The Morgan fingerprint density at radius 1 is 1.33 bits per heavy atom. The van der Waals surface area contributed by atoms with E-state index >= 15 is 0 Å². The second kappa shape index (κ2) is 5.24. The average molecular weight is 283 g/mol. The summed E-state index contributed by atoms with van der Waals surface area (Å²) < 4.78 is 13.6. The van der Waals surface area contributed by atoms with Crippen molar-refractivity contribution in [3.8, 4) is 0 Å². The lowest BCUT2D eigenvalue weighted by molar-refractivity contribution is 0.632. The largest absolute Gasteiger partial charge is 0.388 e. The van der Waals surface area contributed by atoms with E-state index in [1.165, 1.54) is 18.5 Å². The molecule has 7 heteroatoms. The van der Waals surface area contributed by atoms with Gasteiger partial charge < -0.3 is 11.1 Å². The summed E-state index contributed by atoms with van der Waals surface area (Å²) in [6.45, 7) is 0. The molecule has 2 aromatic rings. The number of nitrogens with one attached hydrogen (secondary N) is 1. The van der Waals surface area contributed by atoms with Crippen molar-refractivity contribution in [3.63, 3.8) is 0 Å². The van der Waals surface area contributed by atoms with Crippen LogP contribution in [0.3, 0.4) is 0 Å². The SMILES string of the molecule is NC(=S)c1cnc(Nc2cccc(Cl)c2F)cn1. The molecule has 0 saturated heterocycles. The highest BCUT2D eigenvalue weighted by molar-refractivity contribution is 7.80. The molecule has 3 N–H and O–H groups in total. The van der Waals surface area contributed by atoms with Gasteiger partial charge in [-0.05, 0) is 12.1 Å². The van der Waals surface area contributed by atoms with Crippen LogP contribution in [0.4, 0.5) is 15.9 Å². The van der Waals surface area contributed by atoms with Crippen molar-refractivity contribution in [2.45, 2.75) is 0 Å². The molecule has 1 aromatic heterocycles. The number of nitrogens with zero attached hydrogens (tertiary/aromatic N) is 2. The lowest BCUT2D eigenvalue weighted by Crippen LogP contribution is -2.12. The van der Waals surface area contributed by atoms with E-state index in [-0.39, 0.29) is 15.7 Å². The Balaban J connectivity index is 2.24. The van der Waals surface area contributed by atoms with Crippen LogP contribution in [0.5, 0.6) is 0 Å². The molecule has 0 radical (unpaired) electrons. The first-order valence-corrected chi connectivity index (χ1v) is 5.69. The molecule has 0 amide bonds. The molecule has 0 aliphatic rings. The van der Waals surface area contributed by atoms with Crippen LogP contribution >= 0.6 is 23.8 Å². The predicted molar refractivity (Wildman–Crippen MR) is 72.6 cm³/mol. The molecule has 0 aliphatic carbocycles. The summed E-state index contributed by atoms with van der Waals surface area (Å²) in [7, 11) is 0. The second-order valence-corrected chi connectivity index (χ2v) is 4.22. The van der Waals surface area contributed by atoms with Gasteiger partial charge in [-0.15, -0.1) is 0 Å². The topological polar surface area (TPSA) is 63.8 Å². The molecule has 92 valence electrons. The van der Waals surface area contributed by atoms with E-state index in [9.17, 15) is 4.39 Å². The van der Waals surface area contributed by atoms with Crippen LogP contribution in [0.25, 0.3) is 0 Å². The Kier molecular flexibility index (Phi) is 3.69.